The fraction of sp³-hybridized carbons (Fsp3) is 0.308. The van der Waals surface area contributed by atoms with Crippen LogP contribution in [-0.2, 0) is 4.79 Å². The summed E-state index contributed by atoms with van der Waals surface area (Å²) in [7, 11) is 0. The zero-order valence-corrected chi connectivity index (χ0v) is 9.25. The smallest absolute Gasteiger partial charge is 0.179 e. The highest BCUT2D eigenvalue weighted by molar-refractivity contribution is 6.16. The van der Waals surface area contributed by atoms with Crippen LogP contribution in [0.1, 0.15) is 19.3 Å². The third-order valence-electron chi connectivity index (χ3n) is 2.35. The molecular weight excluding hydrogens is 200 g/mol. The topological polar surface area (TPSA) is 41.8 Å². The van der Waals surface area contributed by atoms with Crippen molar-refractivity contribution in [2.75, 3.05) is 0 Å². The van der Waals surface area contributed by atoms with Crippen molar-refractivity contribution in [3.63, 3.8) is 0 Å². The predicted molar refractivity (Wildman–Crippen MR) is 67.8 cm³/mol. The Bertz CT molecular complexity index is 347. The lowest BCUT2D eigenvalue weighted by atomic mass is 9.85. The molecule has 0 spiro atoms. The van der Waals surface area contributed by atoms with Gasteiger partial charge < -0.3 is 0 Å². The molecule has 0 aromatic rings. The maximum absolute atomic E-state index is 11.3. The molecule has 3 nitrogen and oxygen atoms in total. The SMILES string of the molecule is C=C\N=C/C=N/C=C/C(=O)/C=C/C1CCC1. The number of nitrogens with zero attached hydrogens (tertiary/aromatic N) is 2. The van der Waals surface area contributed by atoms with E-state index in [1.165, 1.54) is 50.2 Å². The maximum atomic E-state index is 11.3. The zero-order chi connectivity index (χ0) is 11.6. The molecule has 0 radical (unpaired) electrons. The van der Waals surface area contributed by atoms with Crippen LogP contribution in [0.4, 0.5) is 0 Å². The lowest BCUT2D eigenvalue weighted by molar-refractivity contribution is -0.110. The van der Waals surface area contributed by atoms with Crippen molar-refractivity contribution in [2.24, 2.45) is 15.9 Å². The lowest BCUT2D eigenvalue weighted by Gasteiger charge is -2.20. The van der Waals surface area contributed by atoms with Crippen LogP contribution in [-0.4, -0.2) is 18.2 Å². The third-order valence-corrected chi connectivity index (χ3v) is 2.35. The zero-order valence-electron chi connectivity index (χ0n) is 9.25. The second kappa shape index (κ2) is 7.51. The van der Waals surface area contributed by atoms with E-state index in [1.807, 2.05) is 6.08 Å². The average Bonchev–Trinajstić information content (AvgIpc) is 2.21. The largest absolute Gasteiger partial charge is 0.290 e. The van der Waals surface area contributed by atoms with Crippen LogP contribution >= 0.6 is 0 Å². The number of hydrogen-bond donors (Lipinski definition) is 0. The molecule has 0 atom stereocenters. The van der Waals surface area contributed by atoms with Crippen LogP contribution < -0.4 is 0 Å². The van der Waals surface area contributed by atoms with E-state index < -0.39 is 0 Å². The van der Waals surface area contributed by atoms with Crippen LogP contribution in [0.3, 0.4) is 0 Å². The van der Waals surface area contributed by atoms with E-state index in [0.29, 0.717) is 5.92 Å². The van der Waals surface area contributed by atoms with E-state index in [9.17, 15) is 4.79 Å². The van der Waals surface area contributed by atoms with E-state index in [0.717, 1.165) is 0 Å². The van der Waals surface area contributed by atoms with Crippen molar-refractivity contribution < 1.29 is 4.79 Å². The Kier molecular flexibility index (Phi) is 5.78. The number of carbonyl (C=O) groups excluding carboxylic acids is 1. The molecule has 0 amide bonds. The van der Waals surface area contributed by atoms with Gasteiger partial charge in [0.1, 0.15) is 0 Å². The van der Waals surface area contributed by atoms with Gasteiger partial charge in [0.05, 0.1) is 0 Å². The molecule has 0 aromatic heterocycles. The molecule has 0 aliphatic heterocycles. The van der Waals surface area contributed by atoms with Crippen molar-refractivity contribution >= 4 is 18.2 Å². The van der Waals surface area contributed by atoms with Crippen LogP contribution in [0, 0.1) is 5.92 Å². The molecule has 84 valence electrons. The second-order valence-corrected chi connectivity index (χ2v) is 3.55. The van der Waals surface area contributed by atoms with Crippen molar-refractivity contribution in [3.8, 4) is 0 Å². The number of rotatable bonds is 6. The minimum atomic E-state index is -0.0234. The van der Waals surface area contributed by atoms with Crippen molar-refractivity contribution in [1.29, 1.82) is 0 Å². The molecule has 0 N–H and O–H groups in total. The van der Waals surface area contributed by atoms with Gasteiger partial charge in [0.25, 0.3) is 0 Å². The van der Waals surface area contributed by atoms with Crippen LogP contribution in [0.15, 0.2) is 47.2 Å². The molecule has 1 aliphatic carbocycles. The van der Waals surface area contributed by atoms with Gasteiger partial charge in [-0.3, -0.25) is 14.8 Å². The van der Waals surface area contributed by atoms with Gasteiger partial charge in [-0.15, -0.1) is 0 Å². The van der Waals surface area contributed by atoms with Gasteiger partial charge in [-0.25, -0.2) is 0 Å². The van der Waals surface area contributed by atoms with Gasteiger partial charge >= 0.3 is 0 Å². The molecule has 16 heavy (non-hydrogen) atoms. The van der Waals surface area contributed by atoms with E-state index in [4.69, 9.17) is 0 Å². The Hall–Kier alpha value is -1.77. The van der Waals surface area contributed by atoms with Gasteiger partial charge in [0, 0.05) is 30.9 Å². The molecule has 0 unspecified atom stereocenters. The molecule has 1 saturated carbocycles. The first-order valence-electron chi connectivity index (χ1n) is 5.37. The molecule has 0 heterocycles. The summed E-state index contributed by atoms with van der Waals surface area (Å²) >= 11 is 0. The molecule has 0 aromatic carbocycles. The first kappa shape index (κ1) is 12.3. The molecule has 0 bridgehead atoms. The standard InChI is InChI=1S/C13H16N2O/c1-2-14-10-11-15-9-8-13(16)7-6-12-4-3-5-12/h2,6-12H,1,3-5H2/b7-6+,9-8+,14-10-,15-11+. The Morgan fingerprint density at radius 3 is 2.56 bits per heavy atom. The average molecular weight is 216 g/mol. The number of hydrogen-bond acceptors (Lipinski definition) is 3. The van der Waals surface area contributed by atoms with Gasteiger partial charge in [-0.2, -0.15) is 0 Å². The highest BCUT2D eigenvalue weighted by Crippen LogP contribution is 2.27. The van der Waals surface area contributed by atoms with Crippen LogP contribution in [0.5, 0.6) is 0 Å². The minimum Gasteiger partial charge on any atom is -0.290 e. The van der Waals surface area contributed by atoms with Gasteiger partial charge in [-0.1, -0.05) is 19.1 Å². The Morgan fingerprint density at radius 2 is 1.94 bits per heavy atom. The summed E-state index contributed by atoms with van der Waals surface area (Å²) in [5.74, 6) is 0.588. The summed E-state index contributed by atoms with van der Waals surface area (Å²) in [6.45, 7) is 3.42. The van der Waals surface area contributed by atoms with Crippen molar-refractivity contribution in [1.82, 2.24) is 0 Å². The summed E-state index contributed by atoms with van der Waals surface area (Å²) in [4.78, 5) is 18.9. The molecule has 3 heteroatoms. The Morgan fingerprint density at radius 1 is 1.19 bits per heavy atom. The Labute approximate surface area is 96.0 Å². The van der Waals surface area contributed by atoms with Gasteiger partial charge in [-0.05, 0) is 24.8 Å². The van der Waals surface area contributed by atoms with Gasteiger partial charge in [0.2, 0.25) is 0 Å². The van der Waals surface area contributed by atoms with E-state index in [-0.39, 0.29) is 5.78 Å². The summed E-state index contributed by atoms with van der Waals surface area (Å²) in [6, 6.07) is 0. The number of allylic oxidation sites excluding steroid dienone is 3. The summed E-state index contributed by atoms with van der Waals surface area (Å²) in [5.41, 5.74) is 0. The molecular formula is C13H16N2O. The normalized spacial score (nSPS) is 17.8. The van der Waals surface area contributed by atoms with Gasteiger partial charge in [0.15, 0.2) is 5.78 Å². The number of carbonyl (C=O) groups is 1. The fourth-order valence-corrected chi connectivity index (χ4v) is 1.22. The lowest BCUT2D eigenvalue weighted by Crippen LogP contribution is -2.07. The predicted octanol–water partition coefficient (Wildman–Crippen LogP) is 2.71. The first-order valence-corrected chi connectivity index (χ1v) is 5.37. The summed E-state index contributed by atoms with van der Waals surface area (Å²) in [5, 5.41) is 0. The van der Waals surface area contributed by atoms with Crippen LogP contribution in [0.25, 0.3) is 0 Å². The molecule has 1 fully saturated rings. The maximum Gasteiger partial charge on any atom is 0.179 e. The fourth-order valence-electron chi connectivity index (χ4n) is 1.22. The van der Waals surface area contributed by atoms with E-state index >= 15 is 0 Å². The highest BCUT2D eigenvalue weighted by Gasteiger charge is 2.13. The molecule has 1 rings (SSSR count). The van der Waals surface area contributed by atoms with E-state index in [2.05, 4.69) is 16.6 Å². The summed E-state index contributed by atoms with van der Waals surface area (Å²) < 4.78 is 0. The highest BCUT2D eigenvalue weighted by atomic mass is 16.1. The first-order chi connectivity index (χ1) is 7.83. The van der Waals surface area contributed by atoms with Crippen molar-refractivity contribution in [2.45, 2.75) is 19.3 Å². The monoisotopic (exact) mass is 216 g/mol. The third kappa shape index (κ3) is 5.20. The second-order valence-electron chi connectivity index (χ2n) is 3.55. The number of aliphatic imine (C=N–C) groups is 2. The van der Waals surface area contributed by atoms with Crippen LogP contribution in [0.2, 0.25) is 0 Å². The van der Waals surface area contributed by atoms with Crippen molar-refractivity contribution in [3.05, 3.63) is 37.2 Å². The van der Waals surface area contributed by atoms with E-state index in [1.54, 1.807) is 6.08 Å². The molecule has 1 aliphatic rings. The summed E-state index contributed by atoms with van der Waals surface area (Å²) in [6.07, 6.45) is 14.6. The minimum absolute atomic E-state index is 0.0234. The quantitative estimate of drug-likeness (QED) is 0.497. The molecule has 0 saturated heterocycles. The Balaban J connectivity index is 2.24. The number of ketones is 1.